The standard InChI is InChI=1S/C15H18N2/c1-2-13-7-6-10-15(12-11-13)17(16)14-8-4-3-5-9-14/h2-6,8-10,12-13,16-17H,1,7,11H2. The van der Waals surface area contributed by atoms with Gasteiger partial charge in [0.1, 0.15) is 11.4 Å². The van der Waals surface area contributed by atoms with Gasteiger partial charge in [0, 0.05) is 0 Å². The average molecular weight is 226 g/mol. The molecule has 0 heterocycles. The SMILES string of the molecule is C=CC1CC=CC([NH+]([NH-])c2ccccc2)=CC1. The molecule has 2 N–H and O–H groups in total. The smallest absolute Gasteiger partial charge is 0.126 e. The molecule has 0 aliphatic heterocycles. The van der Waals surface area contributed by atoms with Crippen LogP contribution in [0.3, 0.4) is 0 Å². The van der Waals surface area contributed by atoms with Gasteiger partial charge in [0.2, 0.25) is 0 Å². The molecule has 0 fully saturated rings. The Labute approximate surface area is 103 Å². The summed E-state index contributed by atoms with van der Waals surface area (Å²) in [6.45, 7) is 3.84. The maximum atomic E-state index is 8.20. The quantitative estimate of drug-likeness (QED) is 0.605. The van der Waals surface area contributed by atoms with Gasteiger partial charge in [-0.1, -0.05) is 30.4 Å². The zero-order valence-electron chi connectivity index (χ0n) is 9.89. The molecule has 0 radical (unpaired) electrons. The monoisotopic (exact) mass is 226 g/mol. The van der Waals surface area contributed by atoms with Gasteiger partial charge in [0.25, 0.3) is 0 Å². The molecular weight excluding hydrogens is 208 g/mol. The van der Waals surface area contributed by atoms with Crippen molar-refractivity contribution in [1.82, 2.24) is 0 Å². The Balaban J connectivity index is 2.17. The van der Waals surface area contributed by atoms with Crippen LogP contribution in [0.1, 0.15) is 12.8 Å². The molecule has 1 aliphatic carbocycles. The first kappa shape index (κ1) is 11.8. The molecule has 0 saturated heterocycles. The molecule has 88 valence electrons. The van der Waals surface area contributed by atoms with E-state index < -0.39 is 0 Å². The van der Waals surface area contributed by atoms with E-state index in [1.165, 1.54) is 0 Å². The number of rotatable bonds is 3. The summed E-state index contributed by atoms with van der Waals surface area (Å²) in [5, 5.41) is 0.603. The van der Waals surface area contributed by atoms with Crippen molar-refractivity contribution in [2.75, 3.05) is 0 Å². The molecule has 0 bridgehead atoms. The third kappa shape index (κ3) is 2.93. The number of hydrogen-bond acceptors (Lipinski definition) is 0. The van der Waals surface area contributed by atoms with Gasteiger partial charge in [-0.3, -0.25) is 0 Å². The average Bonchev–Trinajstić information content (AvgIpc) is 2.64. The summed E-state index contributed by atoms with van der Waals surface area (Å²) in [5.41, 5.74) is 1.99. The molecule has 17 heavy (non-hydrogen) atoms. The summed E-state index contributed by atoms with van der Waals surface area (Å²) >= 11 is 0. The van der Waals surface area contributed by atoms with Crippen LogP contribution in [0.5, 0.6) is 0 Å². The summed E-state index contributed by atoms with van der Waals surface area (Å²) in [5.74, 6) is 8.71. The van der Waals surface area contributed by atoms with E-state index in [9.17, 15) is 0 Å². The van der Waals surface area contributed by atoms with Crippen LogP contribution in [-0.4, -0.2) is 0 Å². The Bertz CT molecular complexity index is 431. The van der Waals surface area contributed by atoms with Crippen molar-refractivity contribution in [3.63, 3.8) is 0 Å². The van der Waals surface area contributed by atoms with Crippen LogP contribution in [0.15, 0.2) is 66.9 Å². The van der Waals surface area contributed by atoms with E-state index in [1.54, 1.807) is 0 Å². The summed E-state index contributed by atoms with van der Waals surface area (Å²) in [6, 6.07) is 9.87. The minimum Gasteiger partial charge on any atom is -0.459 e. The van der Waals surface area contributed by atoms with Gasteiger partial charge < -0.3 is 10.9 Å². The molecule has 1 aromatic carbocycles. The van der Waals surface area contributed by atoms with Crippen LogP contribution >= 0.6 is 0 Å². The second-order valence-electron chi connectivity index (χ2n) is 4.27. The van der Waals surface area contributed by atoms with E-state index in [0.29, 0.717) is 10.9 Å². The maximum Gasteiger partial charge on any atom is 0.126 e. The summed E-state index contributed by atoms with van der Waals surface area (Å²) < 4.78 is 0. The predicted octanol–water partition coefficient (Wildman–Crippen LogP) is 3.21. The zero-order chi connectivity index (χ0) is 12.1. The van der Waals surface area contributed by atoms with Gasteiger partial charge in [-0.25, -0.2) is 0 Å². The fraction of sp³-hybridized carbons (Fsp3) is 0.200. The molecule has 0 spiro atoms. The second kappa shape index (κ2) is 5.62. The topological polar surface area (TPSA) is 28.2 Å². The van der Waals surface area contributed by atoms with Gasteiger partial charge >= 0.3 is 0 Å². The molecule has 0 saturated carbocycles. The summed E-state index contributed by atoms with van der Waals surface area (Å²) in [6.07, 6.45) is 10.3. The normalized spacial score (nSPS) is 21.5. The minimum absolute atomic E-state index is 0.507. The first-order valence-corrected chi connectivity index (χ1v) is 5.95. The van der Waals surface area contributed by atoms with Crippen molar-refractivity contribution in [1.29, 1.82) is 0 Å². The molecule has 1 aromatic rings. The molecule has 0 amide bonds. The molecule has 2 atom stereocenters. The van der Waals surface area contributed by atoms with Crippen molar-refractivity contribution in [2.24, 2.45) is 5.92 Å². The third-order valence-corrected chi connectivity index (χ3v) is 3.06. The van der Waals surface area contributed by atoms with Crippen LogP contribution in [-0.2, 0) is 0 Å². The fourth-order valence-electron chi connectivity index (χ4n) is 1.96. The van der Waals surface area contributed by atoms with Gasteiger partial charge in [0.05, 0.1) is 0 Å². The van der Waals surface area contributed by atoms with Crippen LogP contribution in [0, 0.1) is 5.92 Å². The van der Waals surface area contributed by atoms with Gasteiger partial charge in [0.15, 0.2) is 0 Å². The van der Waals surface area contributed by atoms with Crippen molar-refractivity contribution >= 4 is 5.69 Å². The Morgan fingerprint density at radius 1 is 1.24 bits per heavy atom. The Hall–Kier alpha value is -1.64. The number of para-hydroxylation sites is 1. The van der Waals surface area contributed by atoms with Crippen molar-refractivity contribution in [2.45, 2.75) is 12.8 Å². The van der Waals surface area contributed by atoms with Crippen molar-refractivity contribution in [3.8, 4) is 0 Å². The maximum absolute atomic E-state index is 8.20. The highest BCUT2D eigenvalue weighted by Gasteiger charge is 2.10. The molecule has 0 aromatic heterocycles. The van der Waals surface area contributed by atoms with Gasteiger partial charge in [-0.2, -0.15) is 0 Å². The molecule has 2 nitrogen and oxygen atoms in total. The fourth-order valence-corrected chi connectivity index (χ4v) is 1.96. The van der Waals surface area contributed by atoms with E-state index in [2.05, 4.69) is 24.8 Å². The van der Waals surface area contributed by atoms with E-state index in [1.807, 2.05) is 36.4 Å². The molecule has 2 rings (SSSR count). The predicted molar refractivity (Wildman–Crippen MR) is 71.5 cm³/mol. The van der Waals surface area contributed by atoms with E-state index in [0.717, 1.165) is 24.2 Å². The number of allylic oxidation sites excluding steroid dienone is 4. The van der Waals surface area contributed by atoms with E-state index in [-0.39, 0.29) is 0 Å². The van der Waals surface area contributed by atoms with Crippen molar-refractivity contribution in [3.05, 3.63) is 72.8 Å². The highest BCUT2D eigenvalue weighted by molar-refractivity contribution is 5.31. The second-order valence-corrected chi connectivity index (χ2v) is 4.27. The summed E-state index contributed by atoms with van der Waals surface area (Å²) in [4.78, 5) is 0. The van der Waals surface area contributed by atoms with Gasteiger partial charge in [-0.05, 0) is 43.0 Å². The first-order chi connectivity index (χ1) is 8.31. The van der Waals surface area contributed by atoms with Crippen molar-refractivity contribution < 1.29 is 5.01 Å². The van der Waals surface area contributed by atoms with Crippen LogP contribution in [0.25, 0.3) is 5.84 Å². The molecular formula is C15H18N2. The molecule has 2 heteroatoms. The van der Waals surface area contributed by atoms with E-state index in [4.69, 9.17) is 5.84 Å². The van der Waals surface area contributed by atoms with Crippen LogP contribution in [0.4, 0.5) is 5.69 Å². The number of benzene rings is 1. The van der Waals surface area contributed by atoms with E-state index >= 15 is 0 Å². The molecule has 1 aliphatic rings. The number of nitrogens with one attached hydrogen (secondary N) is 2. The summed E-state index contributed by atoms with van der Waals surface area (Å²) in [7, 11) is 0. The lowest BCUT2D eigenvalue weighted by molar-refractivity contribution is -0.727. The number of quaternary nitrogens is 1. The Morgan fingerprint density at radius 3 is 2.71 bits per heavy atom. The number of hydrogen-bond donors (Lipinski definition) is 1. The van der Waals surface area contributed by atoms with Gasteiger partial charge in [-0.15, -0.1) is 6.58 Å². The highest BCUT2D eigenvalue weighted by atomic mass is 15.4. The zero-order valence-corrected chi connectivity index (χ0v) is 9.89. The largest absolute Gasteiger partial charge is 0.459 e. The minimum atomic E-state index is 0.507. The lowest BCUT2D eigenvalue weighted by Crippen LogP contribution is -2.97. The highest BCUT2D eigenvalue weighted by Crippen LogP contribution is 2.16. The lowest BCUT2D eigenvalue weighted by atomic mass is 10.0. The lowest BCUT2D eigenvalue weighted by Gasteiger charge is -2.21. The Kier molecular flexibility index (Phi) is 3.91. The van der Waals surface area contributed by atoms with Crippen LogP contribution < -0.4 is 5.01 Å². The third-order valence-electron chi connectivity index (χ3n) is 3.06. The van der Waals surface area contributed by atoms with Crippen LogP contribution in [0.2, 0.25) is 0 Å². The first-order valence-electron chi connectivity index (χ1n) is 5.95. The Morgan fingerprint density at radius 2 is 2.00 bits per heavy atom. The molecule has 2 unspecified atom stereocenters.